The summed E-state index contributed by atoms with van der Waals surface area (Å²) in [6, 6.07) is 1.44. The Morgan fingerprint density at radius 1 is 1.26 bits per heavy atom. The Bertz CT molecular complexity index is 529. The summed E-state index contributed by atoms with van der Waals surface area (Å²) in [5.41, 5.74) is -1.11. The van der Waals surface area contributed by atoms with E-state index in [1.54, 1.807) is 13.8 Å². The van der Waals surface area contributed by atoms with E-state index in [9.17, 15) is 19.5 Å². The first kappa shape index (κ1) is 13.2. The number of carbonyl (C=O) groups excluding carboxylic acids is 2. The molecule has 0 bridgehead atoms. The van der Waals surface area contributed by atoms with Crippen LogP contribution in [0.1, 0.15) is 47.4 Å². The second kappa shape index (κ2) is 4.46. The smallest absolute Gasteiger partial charge is 0.330 e. The number of hydrogen-bond donors (Lipinski definition) is 1. The van der Waals surface area contributed by atoms with Crippen LogP contribution in [0.25, 0.3) is 0 Å². The van der Waals surface area contributed by atoms with E-state index in [-0.39, 0.29) is 24.0 Å². The monoisotopic (exact) mass is 262 g/mol. The molecule has 1 aliphatic rings. The summed E-state index contributed by atoms with van der Waals surface area (Å²) < 4.78 is 0. The Balaban J connectivity index is 2.57. The highest BCUT2D eigenvalue weighted by molar-refractivity contribution is 6.23. The first-order valence-electron chi connectivity index (χ1n) is 6.06. The lowest BCUT2D eigenvalue weighted by Gasteiger charge is -2.34. The average Bonchev–Trinajstić information content (AvgIpc) is 2.66. The summed E-state index contributed by atoms with van der Waals surface area (Å²) in [6.45, 7) is 3.30. The molecule has 2 rings (SSSR count). The van der Waals surface area contributed by atoms with E-state index < -0.39 is 23.3 Å². The van der Waals surface area contributed by atoms with Crippen LogP contribution in [0.15, 0.2) is 18.5 Å². The fourth-order valence-corrected chi connectivity index (χ4v) is 2.44. The summed E-state index contributed by atoms with van der Waals surface area (Å²) in [5.74, 6) is -2.31. The van der Waals surface area contributed by atoms with Gasteiger partial charge in [-0.2, -0.15) is 0 Å². The highest BCUT2D eigenvalue weighted by Crippen LogP contribution is 2.33. The lowest BCUT2D eigenvalue weighted by Crippen LogP contribution is -2.56. The van der Waals surface area contributed by atoms with Gasteiger partial charge in [0.2, 0.25) is 0 Å². The predicted octanol–water partition coefficient (Wildman–Crippen LogP) is 1.32. The summed E-state index contributed by atoms with van der Waals surface area (Å²) in [6.07, 6.45) is 3.04. The Kier molecular flexibility index (Phi) is 3.09. The quantitative estimate of drug-likeness (QED) is 0.827. The Morgan fingerprint density at radius 3 is 2.32 bits per heavy atom. The van der Waals surface area contributed by atoms with Gasteiger partial charge in [0, 0.05) is 12.4 Å². The van der Waals surface area contributed by atoms with Crippen LogP contribution in [0.2, 0.25) is 0 Å². The first-order chi connectivity index (χ1) is 8.99. The number of fused-ring (bicyclic) bond motifs is 1. The molecule has 0 unspecified atom stereocenters. The van der Waals surface area contributed by atoms with Crippen molar-refractivity contribution in [1.29, 1.82) is 0 Å². The number of nitrogens with zero attached hydrogens (tertiary/aromatic N) is 2. The molecule has 0 saturated heterocycles. The number of rotatable bonds is 4. The highest BCUT2D eigenvalue weighted by Gasteiger charge is 2.51. The summed E-state index contributed by atoms with van der Waals surface area (Å²) in [7, 11) is 0. The minimum absolute atomic E-state index is 0.164. The average molecular weight is 262 g/mol. The molecule has 6 nitrogen and oxygen atoms in total. The van der Waals surface area contributed by atoms with Crippen LogP contribution in [-0.2, 0) is 4.79 Å². The van der Waals surface area contributed by atoms with Gasteiger partial charge >= 0.3 is 5.97 Å². The van der Waals surface area contributed by atoms with Crippen molar-refractivity contribution >= 4 is 17.8 Å². The number of imide groups is 1. The van der Waals surface area contributed by atoms with Gasteiger partial charge in [0.15, 0.2) is 0 Å². The van der Waals surface area contributed by atoms with Crippen LogP contribution in [-0.4, -0.2) is 38.3 Å². The predicted molar refractivity (Wildman–Crippen MR) is 65.7 cm³/mol. The van der Waals surface area contributed by atoms with Gasteiger partial charge in [0.25, 0.3) is 11.8 Å². The fraction of sp³-hybridized carbons (Fsp3) is 0.385. The zero-order valence-electron chi connectivity index (χ0n) is 10.7. The van der Waals surface area contributed by atoms with Gasteiger partial charge in [-0.05, 0) is 18.9 Å². The molecular weight excluding hydrogens is 248 g/mol. The maximum Gasteiger partial charge on any atom is 0.330 e. The fourth-order valence-electron chi connectivity index (χ4n) is 2.44. The third kappa shape index (κ3) is 1.63. The third-order valence-electron chi connectivity index (χ3n) is 3.68. The molecule has 0 spiro atoms. The molecule has 0 radical (unpaired) electrons. The van der Waals surface area contributed by atoms with Crippen LogP contribution in [0.4, 0.5) is 0 Å². The Labute approximate surface area is 110 Å². The van der Waals surface area contributed by atoms with E-state index in [1.807, 2.05) is 0 Å². The molecule has 1 aliphatic heterocycles. The van der Waals surface area contributed by atoms with Gasteiger partial charge in [-0.1, -0.05) is 13.8 Å². The Hall–Kier alpha value is -2.24. The molecule has 6 heteroatoms. The molecule has 100 valence electrons. The summed E-state index contributed by atoms with van der Waals surface area (Å²) in [4.78, 5) is 40.8. The number of pyridine rings is 1. The topological polar surface area (TPSA) is 87.6 Å². The normalized spacial score (nSPS) is 14.7. The van der Waals surface area contributed by atoms with E-state index >= 15 is 0 Å². The van der Waals surface area contributed by atoms with Crippen molar-refractivity contribution in [3.8, 4) is 0 Å². The van der Waals surface area contributed by atoms with Gasteiger partial charge in [-0.15, -0.1) is 0 Å². The van der Waals surface area contributed by atoms with Crippen molar-refractivity contribution in [2.45, 2.75) is 32.2 Å². The molecule has 2 heterocycles. The van der Waals surface area contributed by atoms with E-state index in [0.717, 1.165) is 4.90 Å². The van der Waals surface area contributed by atoms with Crippen molar-refractivity contribution in [3.63, 3.8) is 0 Å². The van der Waals surface area contributed by atoms with Gasteiger partial charge in [-0.25, -0.2) is 4.79 Å². The molecule has 0 aromatic carbocycles. The molecule has 2 amide bonds. The molecule has 19 heavy (non-hydrogen) atoms. The third-order valence-corrected chi connectivity index (χ3v) is 3.68. The number of hydrogen-bond acceptors (Lipinski definition) is 4. The van der Waals surface area contributed by atoms with Crippen LogP contribution in [0, 0.1) is 0 Å². The van der Waals surface area contributed by atoms with Crippen molar-refractivity contribution in [2.75, 3.05) is 0 Å². The number of aromatic nitrogens is 1. The van der Waals surface area contributed by atoms with Gasteiger partial charge in [0.1, 0.15) is 5.54 Å². The number of carbonyl (C=O) groups is 3. The number of amides is 2. The molecule has 0 saturated carbocycles. The molecule has 0 fully saturated rings. The van der Waals surface area contributed by atoms with Crippen LogP contribution in [0.5, 0.6) is 0 Å². The van der Waals surface area contributed by atoms with Crippen LogP contribution < -0.4 is 0 Å². The largest absolute Gasteiger partial charge is 0.479 e. The molecular formula is C13H14N2O4. The van der Waals surface area contributed by atoms with Gasteiger partial charge in [-0.3, -0.25) is 19.5 Å². The number of carboxylic acids is 1. The first-order valence-corrected chi connectivity index (χ1v) is 6.06. The Morgan fingerprint density at radius 2 is 1.84 bits per heavy atom. The molecule has 1 N–H and O–H groups in total. The van der Waals surface area contributed by atoms with E-state index in [1.165, 1.54) is 18.5 Å². The SMILES string of the molecule is CCC(CC)(C(=O)O)N1C(=O)c2ccncc2C1=O. The van der Waals surface area contributed by atoms with Gasteiger partial charge < -0.3 is 5.11 Å². The second-order valence-corrected chi connectivity index (χ2v) is 4.41. The number of carboxylic acid groups (broad SMARTS) is 1. The molecule has 0 atom stereocenters. The second-order valence-electron chi connectivity index (χ2n) is 4.41. The summed E-state index contributed by atoms with van der Waals surface area (Å²) in [5, 5.41) is 9.44. The van der Waals surface area contributed by atoms with Gasteiger partial charge in [0.05, 0.1) is 11.1 Å². The standard InChI is InChI=1S/C13H14N2O4/c1-3-13(4-2,12(18)19)15-10(16)8-5-6-14-7-9(8)11(15)17/h5-7H,3-4H2,1-2H3,(H,18,19). The maximum atomic E-state index is 12.3. The molecule has 0 aliphatic carbocycles. The molecule has 1 aromatic rings. The summed E-state index contributed by atoms with van der Waals surface area (Å²) >= 11 is 0. The minimum Gasteiger partial charge on any atom is -0.479 e. The van der Waals surface area contributed by atoms with Crippen molar-refractivity contribution in [1.82, 2.24) is 9.88 Å². The minimum atomic E-state index is -1.49. The lowest BCUT2D eigenvalue weighted by molar-refractivity contribution is -0.149. The van der Waals surface area contributed by atoms with E-state index in [4.69, 9.17) is 0 Å². The highest BCUT2D eigenvalue weighted by atomic mass is 16.4. The van der Waals surface area contributed by atoms with Crippen molar-refractivity contribution < 1.29 is 19.5 Å². The zero-order valence-corrected chi connectivity index (χ0v) is 10.7. The van der Waals surface area contributed by atoms with Crippen LogP contribution in [0.3, 0.4) is 0 Å². The number of aliphatic carboxylic acids is 1. The molecule has 1 aromatic heterocycles. The van der Waals surface area contributed by atoms with E-state index in [2.05, 4.69) is 4.98 Å². The maximum absolute atomic E-state index is 12.3. The van der Waals surface area contributed by atoms with E-state index in [0.29, 0.717) is 0 Å². The van der Waals surface area contributed by atoms with Crippen molar-refractivity contribution in [3.05, 3.63) is 29.6 Å². The van der Waals surface area contributed by atoms with Crippen molar-refractivity contribution in [2.24, 2.45) is 0 Å². The van der Waals surface area contributed by atoms with Crippen LogP contribution >= 0.6 is 0 Å². The zero-order chi connectivity index (χ0) is 14.2. The lowest BCUT2D eigenvalue weighted by atomic mass is 9.90.